The topological polar surface area (TPSA) is 54.0 Å². The van der Waals surface area contributed by atoms with Crippen molar-refractivity contribution in [2.24, 2.45) is 0 Å². The number of ether oxygens (including phenoxy) is 2. The summed E-state index contributed by atoms with van der Waals surface area (Å²) in [5.41, 5.74) is 0.918. The molecule has 2 fully saturated rings. The zero-order valence-electron chi connectivity index (χ0n) is 13.5. The molecule has 1 N–H and O–H groups in total. The molecule has 2 aliphatic rings. The van der Waals surface area contributed by atoms with E-state index in [2.05, 4.69) is 5.32 Å². The maximum absolute atomic E-state index is 14.5. The summed E-state index contributed by atoms with van der Waals surface area (Å²) in [6.07, 6.45) is -1.03. The van der Waals surface area contributed by atoms with Gasteiger partial charge < -0.3 is 19.7 Å². The molecule has 2 heterocycles. The van der Waals surface area contributed by atoms with Gasteiger partial charge >= 0.3 is 6.09 Å². The van der Waals surface area contributed by atoms with Crippen LogP contribution in [0.25, 0.3) is 0 Å². The van der Waals surface area contributed by atoms with Crippen LogP contribution in [0.4, 0.5) is 25.0 Å². The summed E-state index contributed by atoms with van der Waals surface area (Å²) in [5, 5.41) is 2.69. The predicted molar refractivity (Wildman–Crippen MR) is 93.6 cm³/mol. The standard InChI is InChI=1S/C16H19F2N3O3S/c17-8-15(25)19-9-12-10-21(16(22)24-12)11-1-2-14(13(18)7-11)20-3-5-23-6-4-20/h1-2,7,12H,3-6,8-10H2,(H,19,25). The first-order valence-electron chi connectivity index (χ1n) is 8.01. The van der Waals surface area contributed by atoms with Crippen molar-refractivity contribution in [3.05, 3.63) is 24.0 Å². The van der Waals surface area contributed by atoms with Crippen LogP contribution in [-0.2, 0) is 9.47 Å². The van der Waals surface area contributed by atoms with Crippen molar-refractivity contribution in [3.63, 3.8) is 0 Å². The number of nitrogens with zero attached hydrogens (tertiary/aromatic N) is 2. The Labute approximate surface area is 149 Å². The van der Waals surface area contributed by atoms with Crippen LogP contribution >= 0.6 is 12.2 Å². The first-order valence-corrected chi connectivity index (χ1v) is 8.42. The Bertz CT molecular complexity index is 656. The van der Waals surface area contributed by atoms with Crippen LogP contribution in [-0.4, -0.2) is 63.3 Å². The van der Waals surface area contributed by atoms with Gasteiger partial charge in [-0.25, -0.2) is 13.6 Å². The molecule has 6 nitrogen and oxygen atoms in total. The van der Waals surface area contributed by atoms with Crippen molar-refractivity contribution in [1.29, 1.82) is 0 Å². The largest absolute Gasteiger partial charge is 0.442 e. The molecule has 1 aromatic carbocycles. The normalized spacial score (nSPS) is 20.6. The van der Waals surface area contributed by atoms with E-state index in [1.807, 2.05) is 4.90 Å². The number of amides is 1. The Morgan fingerprint density at radius 1 is 1.36 bits per heavy atom. The van der Waals surface area contributed by atoms with Gasteiger partial charge in [-0.1, -0.05) is 12.2 Å². The molecule has 1 atom stereocenters. The van der Waals surface area contributed by atoms with E-state index in [-0.39, 0.29) is 18.1 Å². The summed E-state index contributed by atoms with van der Waals surface area (Å²) in [7, 11) is 0. The van der Waals surface area contributed by atoms with E-state index in [0.717, 1.165) is 0 Å². The van der Waals surface area contributed by atoms with Crippen LogP contribution in [0.15, 0.2) is 18.2 Å². The van der Waals surface area contributed by atoms with Crippen molar-refractivity contribution in [3.8, 4) is 0 Å². The lowest BCUT2D eigenvalue weighted by Gasteiger charge is -2.29. The second-order valence-corrected chi connectivity index (χ2v) is 6.28. The predicted octanol–water partition coefficient (Wildman–Crippen LogP) is 1.87. The number of benzene rings is 1. The lowest BCUT2D eigenvalue weighted by Crippen LogP contribution is -2.37. The minimum Gasteiger partial charge on any atom is -0.442 e. The number of anilines is 2. The number of morpholine rings is 1. The van der Waals surface area contributed by atoms with Crippen molar-refractivity contribution in [2.75, 3.05) is 55.9 Å². The van der Waals surface area contributed by atoms with Crippen molar-refractivity contribution >= 4 is 34.7 Å². The molecule has 1 unspecified atom stereocenters. The number of cyclic esters (lactones) is 1. The number of carbonyl (C=O) groups is 1. The van der Waals surface area contributed by atoms with Crippen LogP contribution in [0.3, 0.4) is 0 Å². The van der Waals surface area contributed by atoms with E-state index in [1.54, 1.807) is 12.1 Å². The highest BCUT2D eigenvalue weighted by Gasteiger charge is 2.32. The fourth-order valence-corrected chi connectivity index (χ4v) is 2.92. The minimum absolute atomic E-state index is 0.0652. The smallest absolute Gasteiger partial charge is 0.414 e. The molecule has 0 aliphatic carbocycles. The molecule has 0 spiro atoms. The van der Waals surface area contributed by atoms with Gasteiger partial charge in [0.05, 0.1) is 37.7 Å². The number of nitrogens with one attached hydrogen (secondary N) is 1. The first-order chi connectivity index (χ1) is 12.1. The summed E-state index contributed by atoms with van der Waals surface area (Å²) in [4.78, 5) is 15.4. The summed E-state index contributed by atoms with van der Waals surface area (Å²) in [6, 6.07) is 4.68. The van der Waals surface area contributed by atoms with Crippen molar-refractivity contribution in [1.82, 2.24) is 5.32 Å². The van der Waals surface area contributed by atoms with E-state index in [1.165, 1.54) is 11.0 Å². The second-order valence-electron chi connectivity index (χ2n) is 5.79. The second kappa shape index (κ2) is 7.92. The van der Waals surface area contributed by atoms with E-state index >= 15 is 0 Å². The summed E-state index contributed by atoms with van der Waals surface area (Å²) >= 11 is 4.73. The third-order valence-electron chi connectivity index (χ3n) is 4.12. The van der Waals surface area contributed by atoms with E-state index < -0.39 is 24.7 Å². The Morgan fingerprint density at radius 3 is 2.80 bits per heavy atom. The molecule has 0 aromatic heterocycles. The third-order valence-corrected chi connectivity index (χ3v) is 4.37. The number of thiocarbonyl (C=S) groups is 1. The highest BCUT2D eigenvalue weighted by atomic mass is 32.1. The maximum Gasteiger partial charge on any atom is 0.414 e. The zero-order chi connectivity index (χ0) is 17.8. The van der Waals surface area contributed by atoms with Gasteiger partial charge in [-0.3, -0.25) is 4.90 Å². The number of alkyl halides is 1. The first kappa shape index (κ1) is 17.8. The van der Waals surface area contributed by atoms with Gasteiger partial charge in [0.25, 0.3) is 0 Å². The Morgan fingerprint density at radius 2 is 2.12 bits per heavy atom. The summed E-state index contributed by atoms with van der Waals surface area (Å²) < 4.78 is 37.3. The highest BCUT2D eigenvalue weighted by molar-refractivity contribution is 7.80. The SMILES string of the molecule is O=C1OC(CNC(=S)CF)CN1c1ccc(N2CCOCC2)c(F)c1. The number of hydrogen-bond donors (Lipinski definition) is 1. The number of hydrogen-bond acceptors (Lipinski definition) is 5. The molecular weight excluding hydrogens is 352 g/mol. The fourth-order valence-electron chi connectivity index (χ4n) is 2.84. The van der Waals surface area contributed by atoms with Gasteiger partial charge in [-0.05, 0) is 18.2 Å². The minimum atomic E-state index is -0.756. The Balaban J connectivity index is 1.66. The maximum atomic E-state index is 14.5. The van der Waals surface area contributed by atoms with Crippen LogP contribution in [0.5, 0.6) is 0 Å². The average molecular weight is 371 g/mol. The number of rotatable bonds is 5. The molecule has 2 saturated heterocycles. The van der Waals surface area contributed by atoms with Crippen LogP contribution in [0, 0.1) is 5.82 Å². The molecule has 0 radical (unpaired) electrons. The van der Waals surface area contributed by atoms with Crippen LogP contribution in [0.2, 0.25) is 0 Å². The summed E-state index contributed by atoms with van der Waals surface area (Å²) in [5.74, 6) is -0.396. The van der Waals surface area contributed by atoms with Gasteiger partial charge in [0, 0.05) is 13.1 Å². The van der Waals surface area contributed by atoms with E-state index in [9.17, 15) is 13.6 Å². The lowest BCUT2D eigenvalue weighted by atomic mass is 10.2. The summed E-state index contributed by atoms with van der Waals surface area (Å²) in [6.45, 7) is 2.10. The Hall–Kier alpha value is -2.00. The molecule has 9 heteroatoms. The van der Waals surface area contributed by atoms with Gasteiger partial charge in [-0.2, -0.15) is 0 Å². The lowest BCUT2D eigenvalue weighted by molar-refractivity contribution is 0.122. The van der Waals surface area contributed by atoms with Crippen LogP contribution < -0.4 is 15.1 Å². The quantitative estimate of drug-likeness (QED) is 0.798. The molecule has 0 saturated carbocycles. The molecule has 1 aromatic rings. The average Bonchev–Trinajstić information content (AvgIpc) is 3.01. The molecular formula is C16H19F2N3O3S. The van der Waals surface area contributed by atoms with Crippen LogP contribution in [0.1, 0.15) is 0 Å². The number of carbonyl (C=O) groups excluding carboxylic acids is 1. The molecule has 136 valence electrons. The van der Waals surface area contributed by atoms with Crippen molar-refractivity contribution in [2.45, 2.75) is 6.10 Å². The van der Waals surface area contributed by atoms with E-state index in [0.29, 0.717) is 37.7 Å². The molecule has 0 bridgehead atoms. The molecule has 3 rings (SSSR count). The van der Waals surface area contributed by atoms with Gasteiger partial charge in [0.1, 0.15) is 23.6 Å². The number of halogens is 2. The Kier molecular flexibility index (Phi) is 5.64. The molecule has 1 amide bonds. The van der Waals surface area contributed by atoms with Crippen molar-refractivity contribution < 1.29 is 23.0 Å². The monoisotopic (exact) mass is 371 g/mol. The molecule has 2 aliphatic heterocycles. The van der Waals surface area contributed by atoms with Gasteiger partial charge in [-0.15, -0.1) is 0 Å². The highest BCUT2D eigenvalue weighted by Crippen LogP contribution is 2.28. The van der Waals surface area contributed by atoms with E-state index in [4.69, 9.17) is 21.7 Å². The third kappa shape index (κ3) is 4.16. The zero-order valence-corrected chi connectivity index (χ0v) is 14.4. The van der Waals surface area contributed by atoms with Gasteiger partial charge in [0.2, 0.25) is 0 Å². The fraction of sp³-hybridized carbons (Fsp3) is 0.500. The van der Waals surface area contributed by atoms with Gasteiger partial charge in [0.15, 0.2) is 0 Å². The molecule has 25 heavy (non-hydrogen) atoms.